The Morgan fingerprint density at radius 2 is 1.94 bits per heavy atom. The Bertz CT molecular complexity index is 339. The van der Waals surface area contributed by atoms with Crippen molar-refractivity contribution in [1.82, 2.24) is 9.62 Å². The van der Waals surface area contributed by atoms with E-state index in [2.05, 4.69) is 39.2 Å². The van der Waals surface area contributed by atoms with Crippen LogP contribution in [0.5, 0.6) is 0 Å². The fraction of sp³-hybridized carbons (Fsp3) is 0.538. The van der Waals surface area contributed by atoms with Gasteiger partial charge >= 0.3 is 0 Å². The Balaban J connectivity index is 1.62. The number of ether oxygens (including phenoxy) is 1. The number of hydrogen-bond acceptors (Lipinski definition) is 5. The molecule has 5 heteroatoms. The Labute approximate surface area is 113 Å². The molecule has 0 aromatic heterocycles. The maximum Gasteiger partial charge on any atom is 0.0594 e. The van der Waals surface area contributed by atoms with Gasteiger partial charge in [-0.1, -0.05) is 0 Å². The van der Waals surface area contributed by atoms with Gasteiger partial charge in [0.15, 0.2) is 0 Å². The lowest BCUT2D eigenvalue weighted by Gasteiger charge is -2.26. The van der Waals surface area contributed by atoms with Gasteiger partial charge in [-0.3, -0.25) is 9.62 Å². The summed E-state index contributed by atoms with van der Waals surface area (Å²) in [6.07, 6.45) is 0. The van der Waals surface area contributed by atoms with E-state index in [0.717, 1.165) is 45.1 Å². The van der Waals surface area contributed by atoms with E-state index < -0.39 is 0 Å². The first-order valence-corrected chi connectivity index (χ1v) is 7.18. The molecule has 1 aromatic rings. The zero-order chi connectivity index (χ0) is 12.6. The van der Waals surface area contributed by atoms with Crippen LogP contribution in [0.1, 0.15) is 0 Å². The highest BCUT2D eigenvalue weighted by molar-refractivity contribution is 7.97. The van der Waals surface area contributed by atoms with Crippen LogP contribution in [0.15, 0.2) is 29.2 Å². The quantitative estimate of drug-likeness (QED) is 0.605. The predicted octanol–water partition coefficient (Wildman–Crippen LogP) is 1.66. The minimum absolute atomic E-state index is 0.874. The van der Waals surface area contributed by atoms with Crippen LogP contribution in [-0.2, 0) is 4.74 Å². The number of rotatable bonds is 6. The standard InChI is InChI=1S/C13H21N3OS/c1-14-12-2-4-13(5-3-12)18-15-6-7-16-8-10-17-11-9-16/h2-5,14-15H,6-11H2,1H3. The molecule has 2 N–H and O–H groups in total. The van der Waals surface area contributed by atoms with Crippen molar-refractivity contribution >= 4 is 17.6 Å². The SMILES string of the molecule is CNc1ccc(SNCCN2CCOCC2)cc1. The molecule has 2 rings (SSSR count). The molecule has 18 heavy (non-hydrogen) atoms. The average molecular weight is 267 g/mol. The van der Waals surface area contributed by atoms with Crippen molar-refractivity contribution in [2.24, 2.45) is 0 Å². The zero-order valence-corrected chi connectivity index (χ0v) is 11.6. The molecule has 1 fully saturated rings. The van der Waals surface area contributed by atoms with E-state index in [4.69, 9.17) is 4.74 Å². The van der Waals surface area contributed by atoms with Crippen LogP contribution in [0.3, 0.4) is 0 Å². The summed E-state index contributed by atoms with van der Waals surface area (Å²) in [7, 11) is 1.93. The summed E-state index contributed by atoms with van der Waals surface area (Å²) < 4.78 is 8.72. The molecule has 100 valence electrons. The Kier molecular flexibility index (Phi) is 5.80. The van der Waals surface area contributed by atoms with Gasteiger partial charge in [-0.2, -0.15) is 0 Å². The van der Waals surface area contributed by atoms with Gasteiger partial charge in [0, 0.05) is 43.8 Å². The lowest BCUT2D eigenvalue weighted by Crippen LogP contribution is -2.39. The molecule has 1 saturated heterocycles. The van der Waals surface area contributed by atoms with E-state index in [1.807, 2.05) is 7.05 Å². The third-order valence-electron chi connectivity index (χ3n) is 2.97. The molecule has 0 bridgehead atoms. The summed E-state index contributed by atoms with van der Waals surface area (Å²) in [6, 6.07) is 8.43. The van der Waals surface area contributed by atoms with Crippen molar-refractivity contribution in [3.05, 3.63) is 24.3 Å². The smallest absolute Gasteiger partial charge is 0.0594 e. The van der Waals surface area contributed by atoms with Crippen molar-refractivity contribution in [2.45, 2.75) is 4.90 Å². The third kappa shape index (κ3) is 4.49. The molecule has 0 spiro atoms. The monoisotopic (exact) mass is 267 g/mol. The second-order valence-corrected chi connectivity index (χ2v) is 5.19. The first-order valence-electron chi connectivity index (χ1n) is 6.36. The number of hydrogen-bond donors (Lipinski definition) is 2. The van der Waals surface area contributed by atoms with Gasteiger partial charge in [0.25, 0.3) is 0 Å². The maximum absolute atomic E-state index is 5.32. The second kappa shape index (κ2) is 7.63. The van der Waals surface area contributed by atoms with Crippen molar-refractivity contribution in [1.29, 1.82) is 0 Å². The molecule has 1 aromatic carbocycles. The van der Waals surface area contributed by atoms with Gasteiger partial charge in [-0.15, -0.1) is 0 Å². The van der Waals surface area contributed by atoms with Gasteiger partial charge in [-0.25, -0.2) is 0 Å². The minimum Gasteiger partial charge on any atom is -0.388 e. The summed E-state index contributed by atoms with van der Waals surface area (Å²) in [5, 5.41) is 3.12. The van der Waals surface area contributed by atoms with Crippen LogP contribution in [0.4, 0.5) is 5.69 Å². The van der Waals surface area contributed by atoms with Gasteiger partial charge in [0.1, 0.15) is 0 Å². The van der Waals surface area contributed by atoms with E-state index in [1.54, 1.807) is 11.9 Å². The van der Waals surface area contributed by atoms with Crippen molar-refractivity contribution in [3.63, 3.8) is 0 Å². The highest BCUT2D eigenvalue weighted by atomic mass is 32.2. The largest absolute Gasteiger partial charge is 0.388 e. The summed E-state index contributed by atoms with van der Waals surface area (Å²) in [5.41, 5.74) is 1.15. The molecule has 1 heterocycles. The topological polar surface area (TPSA) is 36.5 Å². The van der Waals surface area contributed by atoms with Gasteiger partial charge in [0.2, 0.25) is 0 Å². The van der Waals surface area contributed by atoms with Crippen molar-refractivity contribution < 1.29 is 4.74 Å². The zero-order valence-electron chi connectivity index (χ0n) is 10.8. The molecule has 0 amide bonds. The van der Waals surface area contributed by atoms with E-state index in [1.165, 1.54) is 4.90 Å². The van der Waals surface area contributed by atoms with Crippen molar-refractivity contribution in [2.75, 3.05) is 51.8 Å². The lowest BCUT2D eigenvalue weighted by atomic mass is 10.3. The first kappa shape index (κ1) is 13.7. The Morgan fingerprint density at radius 1 is 1.22 bits per heavy atom. The fourth-order valence-electron chi connectivity index (χ4n) is 1.85. The number of nitrogens with one attached hydrogen (secondary N) is 2. The summed E-state index contributed by atoms with van der Waals surface area (Å²) in [4.78, 5) is 3.68. The minimum atomic E-state index is 0.874. The number of nitrogens with zero attached hydrogens (tertiary/aromatic N) is 1. The lowest BCUT2D eigenvalue weighted by molar-refractivity contribution is 0.0391. The second-order valence-electron chi connectivity index (χ2n) is 4.22. The first-order chi connectivity index (χ1) is 8.88. The molecule has 1 aliphatic rings. The molecule has 0 atom stereocenters. The summed E-state index contributed by atoms with van der Waals surface area (Å²) >= 11 is 1.69. The highest BCUT2D eigenvalue weighted by Crippen LogP contribution is 2.17. The van der Waals surface area contributed by atoms with Gasteiger partial charge in [0.05, 0.1) is 13.2 Å². The average Bonchev–Trinajstić information content (AvgIpc) is 2.45. The highest BCUT2D eigenvalue weighted by Gasteiger charge is 2.08. The Morgan fingerprint density at radius 3 is 2.61 bits per heavy atom. The maximum atomic E-state index is 5.32. The normalized spacial score (nSPS) is 16.7. The number of morpholine rings is 1. The molecule has 4 nitrogen and oxygen atoms in total. The van der Waals surface area contributed by atoms with E-state index in [-0.39, 0.29) is 0 Å². The number of benzene rings is 1. The molecule has 0 unspecified atom stereocenters. The summed E-state index contributed by atoms with van der Waals surface area (Å²) in [5.74, 6) is 0. The molecular formula is C13H21N3OS. The van der Waals surface area contributed by atoms with Gasteiger partial charge in [-0.05, 0) is 36.2 Å². The van der Waals surface area contributed by atoms with Crippen LogP contribution < -0.4 is 10.0 Å². The van der Waals surface area contributed by atoms with Crippen LogP contribution >= 0.6 is 11.9 Å². The molecule has 0 radical (unpaired) electrons. The van der Waals surface area contributed by atoms with Crippen LogP contribution in [0.2, 0.25) is 0 Å². The molecule has 1 aliphatic heterocycles. The van der Waals surface area contributed by atoms with Crippen LogP contribution in [0, 0.1) is 0 Å². The predicted molar refractivity (Wildman–Crippen MR) is 77.1 cm³/mol. The van der Waals surface area contributed by atoms with Crippen molar-refractivity contribution in [3.8, 4) is 0 Å². The third-order valence-corrected chi connectivity index (χ3v) is 3.82. The van der Waals surface area contributed by atoms with E-state index in [9.17, 15) is 0 Å². The van der Waals surface area contributed by atoms with E-state index >= 15 is 0 Å². The number of anilines is 1. The van der Waals surface area contributed by atoms with E-state index in [0.29, 0.717) is 0 Å². The Hall–Kier alpha value is -0.750. The molecule has 0 aliphatic carbocycles. The van der Waals surface area contributed by atoms with Crippen LogP contribution in [0.25, 0.3) is 0 Å². The summed E-state index contributed by atoms with van der Waals surface area (Å²) in [6.45, 7) is 5.95. The van der Waals surface area contributed by atoms with Crippen LogP contribution in [-0.4, -0.2) is 51.3 Å². The molecular weight excluding hydrogens is 246 g/mol. The molecule has 0 saturated carbocycles. The van der Waals surface area contributed by atoms with Gasteiger partial charge < -0.3 is 10.1 Å². The fourth-order valence-corrected chi connectivity index (χ4v) is 2.48.